The van der Waals surface area contributed by atoms with E-state index in [4.69, 9.17) is 0 Å². The molecule has 0 aliphatic carbocycles. The van der Waals surface area contributed by atoms with Crippen LogP contribution in [0.15, 0.2) is 36.4 Å². The van der Waals surface area contributed by atoms with E-state index in [-0.39, 0.29) is 23.1 Å². The molecule has 3 heterocycles. The Hall–Kier alpha value is -2.85. The number of carbonyl (C=O) groups is 3. The Morgan fingerprint density at radius 1 is 1.21 bits per heavy atom. The summed E-state index contributed by atoms with van der Waals surface area (Å²) in [5, 5.41) is 13.2. The van der Waals surface area contributed by atoms with E-state index in [0.717, 1.165) is 24.2 Å². The number of likely N-dealkylation sites (N-methyl/N-ethyl adjacent to an activating group) is 1. The first-order valence-electron chi connectivity index (χ1n) is 11.2. The zero-order chi connectivity index (χ0) is 23.5. The fourth-order valence-electron chi connectivity index (χ4n) is 4.21. The molecule has 2 fully saturated rings. The predicted molar refractivity (Wildman–Crippen MR) is 128 cm³/mol. The molecule has 9 nitrogen and oxygen atoms in total. The van der Waals surface area contributed by atoms with Crippen molar-refractivity contribution in [3.63, 3.8) is 0 Å². The van der Waals surface area contributed by atoms with Gasteiger partial charge >= 0.3 is 0 Å². The molecule has 2 saturated heterocycles. The van der Waals surface area contributed by atoms with Gasteiger partial charge in [-0.2, -0.15) is 5.10 Å². The molecular weight excluding hydrogens is 440 g/mol. The Labute approximate surface area is 197 Å². The first-order chi connectivity index (χ1) is 15.9. The summed E-state index contributed by atoms with van der Waals surface area (Å²) in [5.41, 5.74) is 1.62. The van der Waals surface area contributed by atoms with Crippen LogP contribution in [0, 0.1) is 6.92 Å². The standard InChI is InChI=1S/C23H30N6O3S/c1-14-12-19(29(27-14)16-8-5-4-6-9-16)26-22(31)18-13-33-20-11-7-10-17(23(32)28(18)20)25-21(30)15(2)24-3/h4-6,8-9,12,15,17-18,20,24H,7,10-11,13H2,1-3H3,(H,25,30)(H,26,31)/t15-,17?,18-,20-/m0/s1. The minimum Gasteiger partial charge on any atom is -0.343 e. The van der Waals surface area contributed by atoms with Crippen LogP contribution < -0.4 is 16.0 Å². The molecule has 3 amide bonds. The molecule has 1 aromatic heterocycles. The fourth-order valence-corrected chi connectivity index (χ4v) is 5.67. The van der Waals surface area contributed by atoms with Gasteiger partial charge in [-0.05, 0) is 52.3 Å². The number of aryl methyl sites for hydroxylation is 1. The largest absolute Gasteiger partial charge is 0.343 e. The van der Waals surface area contributed by atoms with Gasteiger partial charge in [0.1, 0.15) is 17.9 Å². The van der Waals surface area contributed by atoms with E-state index in [1.807, 2.05) is 43.3 Å². The van der Waals surface area contributed by atoms with E-state index in [1.165, 1.54) is 0 Å². The van der Waals surface area contributed by atoms with Crippen molar-refractivity contribution in [2.75, 3.05) is 18.1 Å². The minimum atomic E-state index is -0.621. The second kappa shape index (κ2) is 9.96. The maximum atomic E-state index is 13.4. The molecule has 4 rings (SSSR count). The van der Waals surface area contributed by atoms with Gasteiger partial charge in [0.05, 0.1) is 22.8 Å². The van der Waals surface area contributed by atoms with Crippen molar-refractivity contribution in [3.05, 3.63) is 42.1 Å². The van der Waals surface area contributed by atoms with Crippen LogP contribution in [0.3, 0.4) is 0 Å². The molecular formula is C23H30N6O3S. The molecule has 2 aliphatic heterocycles. The van der Waals surface area contributed by atoms with E-state index in [9.17, 15) is 14.4 Å². The number of rotatable bonds is 6. The summed E-state index contributed by atoms with van der Waals surface area (Å²) in [5.74, 6) is 0.434. The summed E-state index contributed by atoms with van der Waals surface area (Å²) in [6, 6.07) is 9.77. The summed E-state index contributed by atoms with van der Waals surface area (Å²) < 4.78 is 1.69. The normalized spacial score (nSPS) is 23.5. The van der Waals surface area contributed by atoms with Gasteiger partial charge in [-0.3, -0.25) is 14.4 Å². The van der Waals surface area contributed by atoms with Crippen LogP contribution in [0.5, 0.6) is 0 Å². The zero-order valence-corrected chi connectivity index (χ0v) is 19.9. The fraction of sp³-hybridized carbons (Fsp3) is 0.478. The van der Waals surface area contributed by atoms with Gasteiger partial charge in [0, 0.05) is 11.8 Å². The summed E-state index contributed by atoms with van der Waals surface area (Å²) in [4.78, 5) is 40.8. The third-order valence-electron chi connectivity index (χ3n) is 6.12. The number of para-hydroxylation sites is 1. The van der Waals surface area contributed by atoms with Crippen LogP contribution in [-0.2, 0) is 14.4 Å². The average Bonchev–Trinajstić information content (AvgIpc) is 3.37. The summed E-state index contributed by atoms with van der Waals surface area (Å²) in [6.45, 7) is 3.62. The lowest BCUT2D eigenvalue weighted by molar-refractivity contribution is -0.141. The van der Waals surface area contributed by atoms with Crippen molar-refractivity contribution in [2.45, 2.75) is 56.6 Å². The number of nitrogens with one attached hydrogen (secondary N) is 3. The zero-order valence-electron chi connectivity index (χ0n) is 19.1. The van der Waals surface area contributed by atoms with Gasteiger partial charge in [0.25, 0.3) is 0 Å². The van der Waals surface area contributed by atoms with Crippen molar-refractivity contribution in [3.8, 4) is 5.69 Å². The van der Waals surface area contributed by atoms with Gasteiger partial charge < -0.3 is 20.9 Å². The van der Waals surface area contributed by atoms with E-state index >= 15 is 0 Å². The number of carbonyl (C=O) groups excluding carboxylic acids is 3. The maximum absolute atomic E-state index is 13.4. The summed E-state index contributed by atoms with van der Waals surface area (Å²) >= 11 is 1.62. The number of amides is 3. The molecule has 2 aromatic rings. The highest BCUT2D eigenvalue weighted by atomic mass is 32.2. The van der Waals surface area contributed by atoms with Crippen molar-refractivity contribution in [1.29, 1.82) is 0 Å². The first kappa shape index (κ1) is 23.3. The summed E-state index contributed by atoms with van der Waals surface area (Å²) in [6.07, 6.45) is 2.19. The van der Waals surface area contributed by atoms with Gasteiger partial charge in [0.15, 0.2) is 0 Å². The maximum Gasteiger partial charge on any atom is 0.249 e. The molecule has 33 heavy (non-hydrogen) atoms. The second-order valence-electron chi connectivity index (χ2n) is 8.46. The van der Waals surface area contributed by atoms with Crippen molar-refractivity contribution in [2.24, 2.45) is 0 Å². The lowest BCUT2D eigenvalue weighted by Gasteiger charge is -2.30. The van der Waals surface area contributed by atoms with Gasteiger partial charge in [-0.15, -0.1) is 11.8 Å². The number of hydrogen-bond acceptors (Lipinski definition) is 6. The van der Waals surface area contributed by atoms with E-state index < -0.39 is 18.1 Å². The van der Waals surface area contributed by atoms with Crippen LogP contribution in [0.4, 0.5) is 5.82 Å². The lowest BCUT2D eigenvalue weighted by atomic mass is 10.1. The summed E-state index contributed by atoms with van der Waals surface area (Å²) in [7, 11) is 1.70. The van der Waals surface area contributed by atoms with Gasteiger partial charge in [0.2, 0.25) is 17.7 Å². The molecule has 176 valence electrons. The topological polar surface area (TPSA) is 108 Å². The van der Waals surface area contributed by atoms with Crippen LogP contribution in [0.25, 0.3) is 5.69 Å². The Bertz CT molecular complexity index is 1030. The molecule has 1 aromatic carbocycles. The van der Waals surface area contributed by atoms with Crippen molar-refractivity contribution >= 4 is 35.3 Å². The molecule has 0 saturated carbocycles. The Morgan fingerprint density at radius 3 is 2.70 bits per heavy atom. The molecule has 0 spiro atoms. The van der Waals surface area contributed by atoms with Gasteiger partial charge in [-0.25, -0.2) is 4.68 Å². The number of fused-ring (bicyclic) bond motifs is 1. The Balaban J connectivity index is 1.52. The Kier molecular flexibility index (Phi) is 7.04. The minimum absolute atomic E-state index is 0.0577. The number of thioether (sulfide) groups is 1. The molecule has 2 aliphatic rings. The molecule has 0 radical (unpaired) electrons. The number of anilines is 1. The van der Waals surface area contributed by atoms with Crippen LogP contribution in [-0.4, -0.2) is 68.7 Å². The molecule has 3 N–H and O–H groups in total. The number of benzene rings is 1. The van der Waals surface area contributed by atoms with Crippen LogP contribution in [0.2, 0.25) is 0 Å². The number of nitrogens with zero attached hydrogens (tertiary/aromatic N) is 3. The first-order valence-corrected chi connectivity index (χ1v) is 12.3. The lowest BCUT2D eigenvalue weighted by Crippen LogP contribution is -2.55. The molecule has 4 atom stereocenters. The predicted octanol–water partition coefficient (Wildman–Crippen LogP) is 1.67. The van der Waals surface area contributed by atoms with Crippen LogP contribution in [0.1, 0.15) is 31.9 Å². The van der Waals surface area contributed by atoms with Crippen molar-refractivity contribution < 1.29 is 14.4 Å². The highest BCUT2D eigenvalue weighted by molar-refractivity contribution is 8.00. The SMILES string of the molecule is CN[C@@H](C)C(=O)NC1CCC[C@@H]2SC[C@@H](C(=O)Nc3cc(C)nn3-c3ccccc3)N2C1=O. The highest BCUT2D eigenvalue weighted by Crippen LogP contribution is 2.36. The number of hydrogen-bond donors (Lipinski definition) is 3. The third kappa shape index (κ3) is 4.91. The highest BCUT2D eigenvalue weighted by Gasteiger charge is 2.45. The van der Waals surface area contributed by atoms with E-state index in [1.54, 1.807) is 35.3 Å². The van der Waals surface area contributed by atoms with E-state index in [0.29, 0.717) is 18.0 Å². The van der Waals surface area contributed by atoms with Crippen LogP contribution >= 0.6 is 11.8 Å². The molecule has 1 unspecified atom stereocenters. The third-order valence-corrected chi connectivity index (χ3v) is 7.47. The number of aromatic nitrogens is 2. The molecule has 0 bridgehead atoms. The molecule has 10 heteroatoms. The smallest absolute Gasteiger partial charge is 0.249 e. The van der Waals surface area contributed by atoms with Gasteiger partial charge in [-0.1, -0.05) is 18.2 Å². The Morgan fingerprint density at radius 2 is 1.97 bits per heavy atom. The quantitative estimate of drug-likeness (QED) is 0.593. The second-order valence-corrected chi connectivity index (χ2v) is 9.67. The van der Waals surface area contributed by atoms with Crippen molar-refractivity contribution in [1.82, 2.24) is 25.3 Å². The van der Waals surface area contributed by atoms with E-state index in [2.05, 4.69) is 21.0 Å². The average molecular weight is 471 g/mol. The monoisotopic (exact) mass is 470 g/mol.